The number of hydrogen-bond acceptors (Lipinski definition) is 7. The van der Waals surface area contributed by atoms with E-state index in [0.29, 0.717) is 12.0 Å². The van der Waals surface area contributed by atoms with E-state index >= 15 is 0 Å². The Kier molecular flexibility index (Phi) is 5.91. The van der Waals surface area contributed by atoms with Gasteiger partial charge in [0, 0.05) is 67.2 Å². The molecule has 1 aliphatic carbocycles. The molecule has 7 heteroatoms. The van der Waals surface area contributed by atoms with Crippen molar-refractivity contribution in [1.82, 2.24) is 24.8 Å². The van der Waals surface area contributed by atoms with Crippen molar-refractivity contribution in [3.8, 4) is 6.01 Å². The van der Waals surface area contributed by atoms with Gasteiger partial charge in [-0.05, 0) is 38.7 Å². The molecule has 0 aromatic carbocycles. The van der Waals surface area contributed by atoms with Crippen LogP contribution in [0.3, 0.4) is 0 Å². The number of rotatable bonds is 6. The van der Waals surface area contributed by atoms with Crippen LogP contribution in [0.25, 0.3) is 0 Å². The number of anilines is 1. The van der Waals surface area contributed by atoms with Gasteiger partial charge in [0.15, 0.2) is 0 Å². The molecular weight excluding hydrogens is 376 g/mol. The molecule has 1 unspecified atom stereocenters. The second kappa shape index (κ2) is 8.46. The minimum Gasteiger partial charge on any atom is -0.479 e. The summed E-state index contributed by atoms with van der Waals surface area (Å²) in [5, 5.41) is 9.44. The Morgan fingerprint density at radius 1 is 1.10 bits per heavy atom. The zero-order chi connectivity index (χ0) is 21.3. The summed E-state index contributed by atoms with van der Waals surface area (Å²) in [6.45, 7) is 12.9. The maximum atomic E-state index is 9.44. The molecule has 3 heterocycles. The number of aromatic nitrogens is 4. The molecule has 1 aliphatic heterocycles. The van der Waals surface area contributed by atoms with E-state index in [1.807, 2.05) is 6.07 Å². The predicted octanol–water partition coefficient (Wildman–Crippen LogP) is 3.29. The average Bonchev–Trinajstić information content (AvgIpc) is 3.57. The van der Waals surface area contributed by atoms with E-state index in [2.05, 4.69) is 53.5 Å². The fourth-order valence-corrected chi connectivity index (χ4v) is 3.99. The zero-order valence-electron chi connectivity index (χ0n) is 18.7. The normalized spacial score (nSPS) is 19.1. The van der Waals surface area contributed by atoms with Gasteiger partial charge in [-0.25, -0.2) is 19.9 Å². The first kappa shape index (κ1) is 21.0. The Bertz CT molecular complexity index is 868. The lowest BCUT2D eigenvalue weighted by molar-refractivity contribution is 0.188. The van der Waals surface area contributed by atoms with Gasteiger partial charge in [0.1, 0.15) is 11.6 Å². The number of piperazine rings is 1. The summed E-state index contributed by atoms with van der Waals surface area (Å²) in [5.41, 5.74) is 2.09. The van der Waals surface area contributed by atoms with Gasteiger partial charge in [0.25, 0.3) is 0 Å². The number of nitrogens with zero attached hydrogens (tertiary/aromatic N) is 6. The first-order valence-electron chi connectivity index (χ1n) is 11.2. The lowest BCUT2D eigenvalue weighted by Gasteiger charge is -2.39. The third-order valence-corrected chi connectivity index (χ3v) is 6.18. The molecule has 0 amide bonds. The lowest BCUT2D eigenvalue weighted by Crippen LogP contribution is -2.50. The van der Waals surface area contributed by atoms with Crippen LogP contribution in [0.1, 0.15) is 70.1 Å². The highest BCUT2D eigenvalue weighted by Gasteiger charge is 2.30. The molecule has 2 aromatic rings. The molecule has 0 radical (unpaired) electrons. The van der Waals surface area contributed by atoms with E-state index in [0.717, 1.165) is 56.4 Å². The molecule has 2 aromatic heterocycles. The Labute approximate surface area is 179 Å². The topological polar surface area (TPSA) is 78.3 Å². The molecule has 1 atom stereocenters. The van der Waals surface area contributed by atoms with E-state index in [4.69, 9.17) is 9.97 Å². The molecule has 7 nitrogen and oxygen atoms in total. The van der Waals surface area contributed by atoms with Gasteiger partial charge < -0.3 is 10.0 Å². The molecule has 1 N–H and O–H groups in total. The van der Waals surface area contributed by atoms with Crippen LogP contribution in [0.4, 0.5) is 5.82 Å². The van der Waals surface area contributed by atoms with Crippen molar-refractivity contribution in [1.29, 1.82) is 0 Å². The fourth-order valence-electron chi connectivity index (χ4n) is 3.99. The van der Waals surface area contributed by atoms with Crippen molar-refractivity contribution >= 4 is 5.82 Å². The quantitative estimate of drug-likeness (QED) is 0.783. The smallest absolute Gasteiger partial charge is 0.314 e. The van der Waals surface area contributed by atoms with E-state index in [1.165, 1.54) is 18.5 Å². The van der Waals surface area contributed by atoms with Gasteiger partial charge in [-0.3, -0.25) is 4.90 Å². The molecule has 2 aliphatic rings. The van der Waals surface area contributed by atoms with Crippen LogP contribution in [0.15, 0.2) is 18.3 Å². The van der Waals surface area contributed by atoms with E-state index in [-0.39, 0.29) is 11.4 Å². The van der Waals surface area contributed by atoms with Gasteiger partial charge in [0.2, 0.25) is 0 Å². The molecular formula is C23H34N6O. The van der Waals surface area contributed by atoms with Crippen LogP contribution >= 0.6 is 0 Å². The maximum Gasteiger partial charge on any atom is 0.314 e. The van der Waals surface area contributed by atoms with Crippen molar-refractivity contribution in [3.63, 3.8) is 0 Å². The zero-order valence-corrected chi connectivity index (χ0v) is 18.7. The molecule has 4 rings (SSSR count). The molecule has 30 heavy (non-hydrogen) atoms. The van der Waals surface area contributed by atoms with Crippen LogP contribution in [0.5, 0.6) is 6.01 Å². The second-order valence-electron chi connectivity index (χ2n) is 9.76. The fraction of sp³-hybridized carbons (Fsp3) is 0.652. The minimum absolute atomic E-state index is 0.0363. The number of hydrogen-bond donors (Lipinski definition) is 1. The third kappa shape index (κ3) is 5.06. The lowest BCUT2D eigenvalue weighted by atomic mass is 9.95. The highest BCUT2D eigenvalue weighted by atomic mass is 16.3. The van der Waals surface area contributed by atoms with Gasteiger partial charge in [-0.2, -0.15) is 0 Å². The summed E-state index contributed by atoms with van der Waals surface area (Å²) in [4.78, 5) is 22.7. The van der Waals surface area contributed by atoms with Gasteiger partial charge in [-0.1, -0.05) is 20.8 Å². The van der Waals surface area contributed by atoms with Crippen LogP contribution in [-0.4, -0.2) is 62.2 Å². The number of aromatic hydroxyl groups is 1. The van der Waals surface area contributed by atoms with Crippen molar-refractivity contribution in [2.24, 2.45) is 0 Å². The van der Waals surface area contributed by atoms with Crippen LogP contribution < -0.4 is 4.90 Å². The molecule has 162 valence electrons. The van der Waals surface area contributed by atoms with Gasteiger partial charge in [0.05, 0.1) is 0 Å². The summed E-state index contributed by atoms with van der Waals surface area (Å²) in [6, 6.07) is 4.44. The summed E-state index contributed by atoms with van der Waals surface area (Å²) in [7, 11) is 0. The third-order valence-electron chi connectivity index (χ3n) is 6.18. The first-order valence-corrected chi connectivity index (χ1v) is 11.2. The number of aryl methyl sites for hydroxylation is 1. The van der Waals surface area contributed by atoms with Crippen molar-refractivity contribution in [2.45, 2.75) is 70.8 Å². The minimum atomic E-state index is -0.140. The Morgan fingerprint density at radius 2 is 1.83 bits per heavy atom. The van der Waals surface area contributed by atoms with E-state index in [9.17, 15) is 5.11 Å². The highest BCUT2D eigenvalue weighted by molar-refractivity contribution is 5.43. The summed E-state index contributed by atoms with van der Waals surface area (Å²) in [5.74, 6) is 2.70. The van der Waals surface area contributed by atoms with Crippen molar-refractivity contribution < 1.29 is 5.11 Å². The summed E-state index contributed by atoms with van der Waals surface area (Å²) in [6.07, 6.45) is 6.00. The molecule has 0 bridgehead atoms. The summed E-state index contributed by atoms with van der Waals surface area (Å²) >= 11 is 0. The van der Waals surface area contributed by atoms with Crippen LogP contribution in [-0.2, 0) is 11.8 Å². The first-order chi connectivity index (χ1) is 14.3. The van der Waals surface area contributed by atoms with Crippen LogP contribution in [0, 0.1) is 0 Å². The van der Waals surface area contributed by atoms with Gasteiger partial charge in [-0.15, -0.1) is 0 Å². The predicted molar refractivity (Wildman–Crippen MR) is 118 cm³/mol. The Hall–Kier alpha value is -2.28. The highest BCUT2D eigenvalue weighted by Crippen LogP contribution is 2.40. The Balaban J connectivity index is 1.36. The van der Waals surface area contributed by atoms with E-state index in [1.54, 1.807) is 6.20 Å². The maximum absolute atomic E-state index is 9.44. The Morgan fingerprint density at radius 3 is 2.47 bits per heavy atom. The van der Waals surface area contributed by atoms with Crippen molar-refractivity contribution in [3.05, 3.63) is 35.5 Å². The largest absolute Gasteiger partial charge is 0.479 e. The molecule has 1 saturated carbocycles. The average molecular weight is 411 g/mol. The summed E-state index contributed by atoms with van der Waals surface area (Å²) < 4.78 is 0. The second-order valence-corrected chi connectivity index (χ2v) is 9.76. The molecule has 1 saturated heterocycles. The molecule has 2 fully saturated rings. The van der Waals surface area contributed by atoms with Crippen molar-refractivity contribution in [2.75, 3.05) is 31.1 Å². The van der Waals surface area contributed by atoms with Crippen LogP contribution in [0.2, 0.25) is 0 Å². The van der Waals surface area contributed by atoms with E-state index < -0.39 is 0 Å². The monoisotopic (exact) mass is 410 g/mol. The standard InChI is InChI=1S/C23H34N6O/c1-16(5-8-18-9-10-24-22(30)25-18)28-11-13-29(14-12-28)20-15-19(17-6-7-17)26-21(27-20)23(2,3)4/h9-10,15-17H,5-8,11-14H2,1-4H3,(H,24,25,30). The molecule has 0 spiro atoms. The van der Waals surface area contributed by atoms with Gasteiger partial charge >= 0.3 is 6.01 Å². The SMILES string of the molecule is CC(CCc1ccnc(O)n1)N1CCN(c2cc(C3CC3)nc(C(C)(C)C)n2)CC1.